The summed E-state index contributed by atoms with van der Waals surface area (Å²) in [5.74, 6) is -0.207. The Hall–Kier alpha value is -1.36. The molecule has 0 aromatic carbocycles. The minimum Gasteiger partial charge on any atom is -0.466 e. The fourth-order valence-corrected chi connectivity index (χ4v) is 2.77. The summed E-state index contributed by atoms with van der Waals surface area (Å²) in [6, 6.07) is 0. The zero-order valence-electron chi connectivity index (χ0n) is 10.7. The molecule has 0 amide bonds. The number of hydrogen-bond acceptors (Lipinski definition) is 3. The zero-order chi connectivity index (χ0) is 13.3. The lowest BCUT2D eigenvalue weighted by atomic mass is 10.2. The molecular formula is C13H15BrN2O2. The van der Waals surface area contributed by atoms with Gasteiger partial charge in [0.15, 0.2) is 0 Å². The number of nitrogens with zero attached hydrogens (tertiary/aromatic N) is 2. The zero-order valence-corrected chi connectivity index (χ0v) is 12.2. The van der Waals surface area contributed by atoms with E-state index < -0.39 is 0 Å². The first-order valence-electron chi connectivity index (χ1n) is 5.82. The maximum atomic E-state index is 11.6. The second-order valence-electron chi connectivity index (χ2n) is 4.10. The van der Waals surface area contributed by atoms with E-state index in [1.807, 2.05) is 31.4 Å². The summed E-state index contributed by atoms with van der Waals surface area (Å²) in [7, 11) is 0. The van der Waals surface area contributed by atoms with Crippen LogP contribution >= 0.6 is 15.9 Å². The van der Waals surface area contributed by atoms with E-state index in [2.05, 4.69) is 20.9 Å². The van der Waals surface area contributed by atoms with Crippen LogP contribution in [0.1, 0.15) is 23.9 Å². The molecule has 0 aliphatic rings. The van der Waals surface area contributed by atoms with Crippen molar-refractivity contribution in [2.24, 2.45) is 0 Å². The highest BCUT2D eigenvalue weighted by molar-refractivity contribution is 9.10. The number of hydrogen-bond donors (Lipinski definition) is 0. The van der Waals surface area contributed by atoms with Crippen LogP contribution in [0.5, 0.6) is 0 Å². The third kappa shape index (κ3) is 2.14. The Morgan fingerprint density at radius 1 is 1.50 bits per heavy atom. The monoisotopic (exact) mass is 310 g/mol. The number of esters is 1. The number of halogens is 1. The lowest BCUT2D eigenvalue weighted by Crippen LogP contribution is -2.10. The van der Waals surface area contributed by atoms with Crippen LogP contribution < -0.4 is 0 Å². The van der Waals surface area contributed by atoms with Gasteiger partial charge in [0.2, 0.25) is 0 Å². The van der Waals surface area contributed by atoms with E-state index in [4.69, 9.17) is 4.74 Å². The molecule has 2 heterocycles. The summed E-state index contributed by atoms with van der Waals surface area (Å²) >= 11 is 3.57. The number of aryl methyl sites for hydroxylation is 1. The molecule has 2 aromatic heterocycles. The number of carbonyl (C=O) groups is 1. The fraction of sp³-hybridized carbons (Fsp3) is 0.385. The summed E-state index contributed by atoms with van der Waals surface area (Å²) in [4.78, 5) is 15.9. The molecule has 0 fully saturated rings. The molecule has 0 N–H and O–H groups in total. The largest absolute Gasteiger partial charge is 0.466 e. The van der Waals surface area contributed by atoms with Crippen LogP contribution in [0.15, 0.2) is 16.9 Å². The van der Waals surface area contributed by atoms with Gasteiger partial charge in [0.25, 0.3) is 0 Å². The van der Waals surface area contributed by atoms with Crippen LogP contribution in [0.25, 0.3) is 5.52 Å². The van der Waals surface area contributed by atoms with Gasteiger partial charge in [-0.05, 0) is 42.3 Å². The molecule has 0 saturated carbocycles. The normalized spacial score (nSPS) is 10.9. The Bertz CT molecular complexity index is 605. The SMILES string of the molecule is CCOC(=O)Cc1c(C)c(Br)c2c(C)nccn12. The first kappa shape index (κ1) is 13.1. The van der Waals surface area contributed by atoms with Crippen molar-refractivity contribution in [2.45, 2.75) is 27.2 Å². The van der Waals surface area contributed by atoms with E-state index in [0.717, 1.165) is 26.9 Å². The molecule has 0 spiro atoms. The minimum atomic E-state index is -0.207. The molecule has 0 radical (unpaired) electrons. The number of rotatable bonds is 3. The van der Waals surface area contributed by atoms with Crippen LogP contribution in [0, 0.1) is 13.8 Å². The van der Waals surface area contributed by atoms with Crippen molar-refractivity contribution in [1.82, 2.24) is 9.38 Å². The molecule has 2 rings (SSSR count). The number of carbonyl (C=O) groups excluding carboxylic acids is 1. The van der Waals surface area contributed by atoms with Gasteiger partial charge in [-0.1, -0.05) is 0 Å². The highest BCUT2D eigenvalue weighted by Crippen LogP contribution is 2.30. The van der Waals surface area contributed by atoms with Gasteiger partial charge in [-0.25, -0.2) is 0 Å². The van der Waals surface area contributed by atoms with Crippen molar-refractivity contribution >= 4 is 27.4 Å². The number of aromatic nitrogens is 2. The molecule has 0 aliphatic carbocycles. The molecule has 96 valence electrons. The Morgan fingerprint density at radius 2 is 2.22 bits per heavy atom. The number of fused-ring (bicyclic) bond motifs is 1. The molecule has 0 unspecified atom stereocenters. The van der Waals surface area contributed by atoms with Gasteiger partial charge in [0, 0.05) is 22.6 Å². The molecule has 4 nitrogen and oxygen atoms in total. The van der Waals surface area contributed by atoms with Gasteiger partial charge in [0.05, 0.1) is 24.2 Å². The van der Waals surface area contributed by atoms with Crippen LogP contribution in [0.4, 0.5) is 0 Å². The average molecular weight is 311 g/mol. The van der Waals surface area contributed by atoms with Gasteiger partial charge >= 0.3 is 5.97 Å². The van der Waals surface area contributed by atoms with Gasteiger partial charge in [0.1, 0.15) is 0 Å². The predicted molar refractivity (Wildman–Crippen MR) is 72.7 cm³/mol. The van der Waals surface area contributed by atoms with Crippen molar-refractivity contribution in [3.8, 4) is 0 Å². The maximum absolute atomic E-state index is 11.6. The van der Waals surface area contributed by atoms with E-state index in [1.54, 1.807) is 6.20 Å². The topological polar surface area (TPSA) is 43.6 Å². The van der Waals surface area contributed by atoms with Crippen molar-refractivity contribution in [3.05, 3.63) is 33.8 Å². The Balaban J connectivity index is 2.54. The van der Waals surface area contributed by atoms with E-state index in [9.17, 15) is 4.79 Å². The maximum Gasteiger partial charge on any atom is 0.311 e. The van der Waals surface area contributed by atoms with E-state index in [-0.39, 0.29) is 12.4 Å². The van der Waals surface area contributed by atoms with Crippen molar-refractivity contribution in [1.29, 1.82) is 0 Å². The molecule has 0 bridgehead atoms. The first-order chi connectivity index (χ1) is 8.56. The first-order valence-corrected chi connectivity index (χ1v) is 6.61. The summed E-state index contributed by atoms with van der Waals surface area (Å²) in [6.07, 6.45) is 3.88. The smallest absolute Gasteiger partial charge is 0.311 e. The van der Waals surface area contributed by atoms with E-state index >= 15 is 0 Å². The molecular weight excluding hydrogens is 296 g/mol. The van der Waals surface area contributed by atoms with Crippen LogP contribution in [0.2, 0.25) is 0 Å². The number of ether oxygens (including phenoxy) is 1. The summed E-state index contributed by atoms with van der Waals surface area (Å²) in [6.45, 7) is 6.16. The van der Waals surface area contributed by atoms with Gasteiger partial charge in [-0.15, -0.1) is 0 Å². The highest BCUT2D eigenvalue weighted by Gasteiger charge is 2.17. The fourth-order valence-electron chi connectivity index (χ4n) is 2.06. The third-order valence-electron chi connectivity index (χ3n) is 2.95. The van der Waals surface area contributed by atoms with Crippen LogP contribution in [0.3, 0.4) is 0 Å². The molecule has 0 saturated heterocycles. The van der Waals surface area contributed by atoms with Crippen LogP contribution in [-0.4, -0.2) is 22.0 Å². The minimum absolute atomic E-state index is 0.207. The van der Waals surface area contributed by atoms with E-state index in [1.165, 1.54) is 0 Å². The highest BCUT2D eigenvalue weighted by atomic mass is 79.9. The Kier molecular flexibility index (Phi) is 3.71. The second-order valence-corrected chi connectivity index (χ2v) is 4.89. The quantitative estimate of drug-likeness (QED) is 0.819. The third-order valence-corrected chi connectivity index (χ3v) is 3.92. The lowest BCUT2D eigenvalue weighted by Gasteiger charge is -2.05. The van der Waals surface area contributed by atoms with Gasteiger partial charge < -0.3 is 9.14 Å². The molecule has 5 heteroatoms. The summed E-state index contributed by atoms with van der Waals surface area (Å²) in [5.41, 5.74) is 3.94. The summed E-state index contributed by atoms with van der Waals surface area (Å²) in [5, 5.41) is 0. The standard InChI is InChI=1S/C13H15BrN2O2/c1-4-18-11(17)7-10-8(2)12(14)13-9(3)15-5-6-16(10)13/h5-6H,4,7H2,1-3H3. The molecule has 18 heavy (non-hydrogen) atoms. The Labute approximate surface area is 114 Å². The Morgan fingerprint density at radius 3 is 2.89 bits per heavy atom. The van der Waals surface area contributed by atoms with Gasteiger partial charge in [-0.2, -0.15) is 0 Å². The second kappa shape index (κ2) is 5.10. The van der Waals surface area contributed by atoms with Crippen molar-refractivity contribution in [3.63, 3.8) is 0 Å². The lowest BCUT2D eigenvalue weighted by molar-refractivity contribution is -0.142. The van der Waals surface area contributed by atoms with E-state index in [0.29, 0.717) is 6.61 Å². The molecule has 0 aliphatic heterocycles. The van der Waals surface area contributed by atoms with Crippen molar-refractivity contribution in [2.75, 3.05) is 6.61 Å². The average Bonchev–Trinajstić information content (AvgIpc) is 2.56. The summed E-state index contributed by atoms with van der Waals surface area (Å²) < 4.78 is 8.00. The predicted octanol–water partition coefficient (Wildman–Crippen LogP) is 2.82. The molecule has 2 aromatic rings. The van der Waals surface area contributed by atoms with Crippen LogP contribution in [-0.2, 0) is 16.0 Å². The van der Waals surface area contributed by atoms with Crippen molar-refractivity contribution < 1.29 is 9.53 Å². The van der Waals surface area contributed by atoms with Gasteiger partial charge in [-0.3, -0.25) is 9.78 Å². The molecule has 0 atom stereocenters.